The third kappa shape index (κ3) is 2.32. The highest BCUT2D eigenvalue weighted by atomic mass is 16.6. The van der Waals surface area contributed by atoms with Crippen LogP contribution in [0.25, 0.3) is 0 Å². The smallest absolute Gasteiger partial charge is 0.309 e. The van der Waals surface area contributed by atoms with Gasteiger partial charge in [0, 0.05) is 10.8 Å². The summed E-state index contributed by atoms with van der Waals surface area (Å²) in [6, 6.07) is 0. The van der Waals surface area contributed by atoms with Gasteiger partial charge in [0.15, 0.2) is 0 Å². The summed E-state index contributed by atoms with van der Waals surface area (Å²) in [7, 11) is 0. The Morgan fingerprint density at radius 2 is 1.95 bits per heavy atom. The Morgan fingerprint density at radius 3 is 2.50 bits per heavy atom. The third-order valence-electron chi connectivity index (χ3n) is 5.00. The van der Waals surface area contributed by atoms with Crippen LogP contribution in [0.2, 0.25) is 0 Å². The molecule has 0 aromatic heterocycles. The molecule has 3 nitrogen and oxygen atoms in total. The van der Waals surface area contributed by atoms with Gasteiger partial charge in [-0.15, -0.1) is 0 Å². The second kappa shape index (κ2) is 4.44. The first-order valence-electron chi connectivity index (χ1n) is 7.45. The van der Waals surface area contributed by atoms with Gasteiger partial charge in [0.1, 0.15) is 11.4 Å². The van der Waals surface area contributed by atoms with E-state index in [-0.39, 0.29) is 23.6 Å². The summed E-state index contributed by atoms with van der Waals surface area (Å²) >= 11 is 0. The number of rotatable bonds is 1. The molecular weight excluding hydrogens is 252 g/mol. The van der Waals surface area contributed by atoms with Gasteiger partial charge >= 0.3 is 5.97 Å². The van der Waals surface area contributed by atoms with Gasteiger partial charge in [-0.05, 0) is 46.5 Å². The van der Waals surface area contributed by atoms with Crippen molar-refractivity contribution in [3.8, 4) is 0 Å². The van der Waals surface area contributed by atoms with Crippen molar-refractivity contribution in [2.24, 2.45) is 22.7 Å². The first-order valence-corrected chi connectivity index (χ1v) is 7.45. The maximum Gasteiger partial charge on any atom is 0.309 e. The molecule has 0 unspecified atom stereocenters. The highest BCUT2D eigenvalue weighted by Gasteiger charge is 2.57. The summed E-state index contributed by atoms with van der Waals surface area (Å²) in [6.07, 6.45) is 5.43. The Hall–Kier alpha value is -1.12. The molecule has 0 N–H and O–H groups in total. The van der Waals surface area contributed by atoms with Crippen LogP contribution in [0, 0.1) is 22.7 Å². The summed E-state index contributed by atoms with van der Waals surface area (Å²) in [5.74, 6) is -0.105. The van der Waals surface area contributed by atoms with Gasteiger partial charge in [-0.25, -0.2) is 0 Å². The highest BCUT2D eigenvalue weighted by molar-refractivity contribution is 5.95. The molecule has 2 aliphatic rings. The van der Waals surface area contributed by atoms with Crippen LogP contribution in [0.5, 0.6) is 0 Å². The largest absolute Gasteiger partial charge is 0.460 e. The van der Waals surface area contributed by atoms with Crippen LogP contribution in [-0.2, 0) is 14.3 Å². The van der Waals surface area contributed by atoms with Crippen molar-refractivity contribution in [1.29, 1.82) is 0 Å². The lowest BCUT2D eigenvalue weighted by molar-refractivity contribution is -0.171. The predicted octanol–water partition coefficient (Wildman–Crippen LogP) is 3.53. The van der Waals surface area contributed by atoms with Crippen LogP contribution in [-0.4, -0.2) is 17.4 Å². The zero-order valence-electron chi connectivity index (χ0n) is 13.4. The number of hydrogen-bond donors (Lipinski definition) is 0. The average molecular weight is 278 g/mol. The number of hydrogen-bond acceptors (Lipinski definition) is 3. The standard InChI is InChI=1S/C17H26O3/c1-11-12(13(18)20-15(2,3)4)10-16(5)8-7-9-17(11,6)14(16)19/h7,9,11-12H,8,10H2,1-6H3/t11-,12+,16-,17+/m1/s1. The van der Waals surface area contributed by atoms with E-state index < -0.39 is 16.4 Å². The first kappa shape index (κ1) is 15.3. The van der Waals surface area contributed by atoms with Gasteiger partial charge in [0.2, 0.25) is 0 Å². The third-order valence-corrected chi connectivity index (χ3v) is 5.00. The Bertz CT molecular complexity index is 471. The molecule has 3 heteroatoms. The number of ether oxygens (including phenoxy) is 1. The fourth-order valence-electron chi connectivity index (χ4n) is 3.66. The number of allylic oxidation sites excluding steroid dienone is 2. The minimum absolute atomic E-state index is 0.0190. The van der Waals surface area contributed by atoms with E-state index >= 15 is 0 Å². The van der Waals surface area contributed by atoms with Crippen LogP contribution in [0.4, 0.5) is 0 Å². The van der Waals surface area contributed by atoms with E-state index in [1.54, 1.807) is 0 Å². The highest BCUT2D eigenvalue weighted by Crippen LogP contribution is 2.54. The average Bonchev–Trinajstić information content (AvgIpc) is 2.28. The van der Waals surface area contributed by atoms with Gasteiger partial charge in [0.05, 0.1) is 5.92 Å². The van der Waals surface area contributed by atoms with Crippen molar-refractivity contribution in [3.63, 3.8) is 0 Å². The molecule has 20 heavy (non-hydrogen) atoms. The molecule has 0 aromatic rings. The summed E-state index contributed by atoms with van der Waals surface area (Å²) in [5.41, 5.74) is -1.44. The lowest BCUT2D eigenvalue weighted by Gasteiger charge is -2.51. The monoisotopic (exact) mass is 278 g/mol. The van der Waals surface area contributed by atoms with Crippen molar-refractivity contribution in [2.75, 3.05) is 0 Å². The van der Waals surface area contributed by atoms with Crippen molar-refractivity contribution in [1.82, 2.24) is 0 Å². The van der Waals surface area contributed by atoms with E-state index in [4.69, 9.17) is 4.74 Å². The summed E-state index contributed by atoms with van der Waals surface area (Å²) in [4.78, 5) is 25.2. The van der Waals surface area contributed by atoms with Crippen LogP contribution in [0.15, 0.2) is 12.2 Å². The Morgan fingerprint density at radius 1 is 1.35 bits per heavy atom. The fraction of sp³-hybridized carbons (Fsp3) is 0.765. The molecule has 112 valence electrons. The van der Waals surface area contributed by atoms with E-state index in [0.717, 1.165) is 6.42 Å². The summed E-state index contributed by atoms with van der Waals surface area (Å²) < 4.78 is 5.56. The molecule has 0 aromatic carbocycles. The molecule has 0 spiro atoms. The molecule has 1 saturated carbocycles. The minimum atomic E-state index is -0.535. The zero-order valence-corrected chi connectivity index (χ0v) is 13.4. The van der Waals surface area contributed by atoms with E-state index in [0.29, 0.717) is 6.42 Å². The molecular formula is C17H26O3. The van der Waals surface area contributed by atoms with Gasteiger partial charge in [-0.2, -0.15) is 0 Å². The fourth-order valence-corrected chi connectivity index (χ4v) is 3.66. The summed E-state index contributed by atoms with van der Waals surface area (Å²) in [6.45, 7) is 11.6. The number of esters is 1. The summed E-state index contributed by atoms with van der Waals surface area (Å²) in [5, 5.41) is 0. The van der Waals surface area contributed by atoms with Gasteiger partial charge in [-0.3, -0.25) is 9.59 Å². The molecule has 0 radical (unpaired) electrons. The normalized spacial score (nSPS) is 40.6. The number of carbonyl (C=O) groups is 2. The van der Waals surface area contributed by atoms with Crippen molar-refractivity contribution >= 4 is 11.8 Å². The van der Waals surface area contributed by atoms with E-state index in [1.807, 2.05) is 47.6 Å². The second-order valence-electron chi connectivity index (χ2n) is 7.91. The van der Waals surface area contributed by atoms with Crippen molar-refractivity contribution < 1.29 is 14.3 Å². The molecule has 2 rings (SSSR count). The Kier molecular flexibility index (Phi) is 3.39. The van der Waals surface area contributed by atoms with Crippen molar-refractivity contribution in [2.45, 2.75) is 60.0 Å². The molecule has 0 aliphatic heterocycles. The zero-order chi connectivity index (χ0) is 15.3. The number of carbonyl (C=O) groups excluding carboxylic acids is 2. The molecule has 2 aliphatic carbocycles. The van der Waals surface area contributed by atoms with Crippen LogP contribution < -0.4 is 0 Å². The predicted molar refractivity (Wildman–Crippen MR) is 78.1 cm³/mol. The molecule has 0 amide bonds. The number of fused-ring (bicyclic) bond motifs is 2. The Labute approximate surface area is 121 Å². The SMILES string of the molecule is C[C@@H]1[C@@H](C(=O)OC(C)(C)C)C[C@@]2(C)CC=C[C@]1(C)C2=O. The minimum Gasteiger partial charge on any atom is -0.460 e. The number of ketones is 1. The van der Waals surface area contributed by atoms with Gasteiger partial charge in [0.25, 0.3) is 0 Å². The molecule has 0 heterocycles. The topological polar surface area (TPSA) is 43.4 Å². The lowest BCUT2D eigenvalue weighted by atomic mass is 9.51. The van der Waals surface area contributed by atoms with Gasteiger partial charge < -0.3 is 4.74 Å². The van der Waals surface area contributed by atoms with Gasteiger partial charge in [-0.1, -0.05) is 26.0 Å². The maximum absolute atomic E-state index is 12.7. The second-order valence-corrected chi connectivity index (χ2v) is 7.91. The maximum atomic E-state index is 12.7. The molecule has 4 atom stereocenters. The Balaban J connectivity index is 2.33. The van der Waals surface area contributed by atoms with Crippen LogP contribution in [0.3, 0.4) is 0 Å². The molecule has 0 saturated heterocycles. The molecule has 1 fully saturated rings. The van der Waals surface area contributed by atoms with Crippen LogP contribution >= 0.6 is 0 Å². The molecule has 2 bridgehead atoms. The van der Waals surface area contributed by atoms with Crippen LogP contribution in [0.1, 0.15) is 54.4 Å². The number of Topliss-reactive ketones (excluding diaryl/α,β-unsaturated/α-hetero) is 1. The van der Waals surface area contributed by atoms with E-state index in [1.165, 1.54) is 0 Å². The van der Waals surface area contributed by atoms with E-state index in [2.05, 4.69) is 6.08 Å². The lowest BCUT2D eigenvalue weighted by Crippen LogP contribution is -2.55. The van der Waals surface area contributed by atoms with Crippen molar-refractivity contribution in [3.05, 3.63) is 12.2 Å². The quantitative estimate of drug-likeness (QED) is 0.544. The van der Waals surface area contributed by atoms with E-state index in [9.17, 15) is 9.59 Å². The first-order chi connectivity index (χ1) is 9.00.